The number of ether oxygens (including phenoxy) is 1. The van der Waals surface area contributed by atoms with Crippen LogP contribution in [0.15, 0.2) is 40.4 Å². The molecule has 1 atom stereocenters. The maximum atomic E-state index is 12.6. The summed E-state index contributed by atoms with van der Waals surface area (Å²) < 4.78 is 5.47. The molecule has 0 saturated heterocycles. The summed E-state index contributed by atoms with van der Waals surface area (Å²) in [6.45, 7) is 5.48. The van der Waals surface area contributed by atoms with Crippen molar-refractivity contribution in [2.24, 2.45) is 0 Å². The molecule has 0 bridgehead atoms. The molecule has 124 valence electrons. The molecule has 0 spiro atoms. The molecule has 0 N–H and O–H groups in total. The van der Waals surface area contributed by atoms with Crippen molar-refractivity contribution >= 4 is 35.1 Å². The number of carbonyl (C=O) groups excluding carboxylic acids is 2. The van der Waals surface area contributed by atoms with E-state index in [0.717, 1.165) is 5.56 Å². The first-order valence-corrected chi connectivity index (χ1v) is 8.06. The van der Waals surface area contributed by atoms with E-state index in [1.54, 1.807) is 20.8 Å². The quantitative estimate of drug-likeness (QED) is 0.776. The van der Waals surface area contributed by atoms with Gasteiger partial charge in [0.15, 0.2) is 0 Å². The van der Waals surface area contributed by atoms with Crippen LogP contribution in [0.25, 0.3) is 0 Å². The fourth-order valence-electron chi connectivity index (χ4n) is 2.31. The van der Waals surface area contributed by atoms with Crippen LogP contribution >= 0.6 is 23.2 Å². The number of benzene rings is 1. The van der Waals surface area contributed by atoms with E-state index in [2.05, 4.69) is 0 Å². The van der Waals surface area contributed by atoms with Gasteiger partial charge in [0.25, 0.3) is 5.91 Å². The molecule has 0 saturated carbocycles. The fraction of sp³-hybridized carbons (Fsp3) is 0.412. The van der Waals surface area contributed by atoms with Gasteiger partial charge in [0, 0.05) is 6.42 Å². The number of hydrogen-bond donors (Lipinski definition) is 0. The van der Waals surface area contributed by atoms with Gasteiger partial charge in [-0.3, -0.25) is 4.79 Å². The Bertz CT molecular complexity index is 635. The summed E-state index contributed by atoms with van der Waals surface area (Å²) in [7, 11) is 0. The number of rotatable bonds is 4. The van der Waals surface area contributed by atoms with Crippen LogP contribution in [0.4, 0.5) is 0 Å². The van der Waals surface area contributed by atoms with Gasteiger partial charge in [0.05, 0.1) is 11.6 Å². The Morgan fingerprint density at radius 2 is 1.87 bits per heavy atom. The van der Waals surface area contributed by atoms with Crippen LogP contribution in [0, 0.1) is 0 Å². The van der Waals surface area contributed by atoms with Crippen LogP contribution in [0.5, 0.6) is 0 Å². The second kappa shape index (κ2) is 6.93. The van der Waals surface area contributed by atoms with Crippen molar-refractivity contribution in [3.05, 3.63) is 46.0 Å². The number of halogens is 2. The van der Waals surface area contributed by atoms with Crippen LogP contribution in [0.3, 0.4) is 0 Å². The summed E-state index contributed by atoms with van der Waals surface area (Å²) in [6, 6.07) is 8.68. The highest BCUT2D eigenvalue weighted by atomic mass is 35.5. The monoisotopic (exact) mass is 355 g/mol. The zero-order valence-electron chi connectivity index (χ0n) is 13.3. The normalized spacial score (nSPS) is 16.7. The van der Waals surface area contributed by atoms with Gasteiger partial charge in [-0.15, -0.1) is 0 Å². The summed E-state index contributed by atoms with van der Waals surface area (Å²) in [5.41, 5.74) is 0.283. The van der Waals surface area contributed by atoms with Gasteiger partial charge in [-0.05, 0) is 26.3 Å². The highest BCUT2D eigenvalue weighted by Gasteiger charge is 2.39. The van der Waals surface area contributed by atoms with Gasteiger partial charge in [-0.25, -0.2) is 4.79 Å². The van der Waals surface area contributed by atoms with Crippen molar-refractivity contribution in [2.75, 3.05) is 6.54 Å². The van der Waals surface area contributed by atoms with Crippen molar-refractivity contribution < 1.29 is 14.3 Å². The maximum Gasteiger partial charge on any atom is 0.329 e. The first-order valence-electron chi connectivity index (χ1n) is 7.31. The molecule has 1 heterocycles. The zero-order valence-corrected chi connectivity index (χ0v) is 14.8. The molecule has 0 aromatic heterocycles. The SMILES string of the molecule is CC(C)(C)OC(=O)[C@@H](Cc1ccccc1)N1CC(Cl)=C(Cl)C1=O. The van der Waals surface area contributed by atoms with E-state index >= 15 is 0 Å². The van der Waals surface area contributed by atoms with Crippen LogP contribution in [0.2, 0.25) is 0 Å². The number of hydrogen-bond acceptors (Lipinski definition) is 3. The number of esters is 1. The molecule has 4 nitrogen and oxygen atoms in total. The van der Waals surface area contributed by atoms with Crippen molar-refractivity contribution in [1.29, 1.82) is 0 Å². The van der Waals surface area contributed by atoms with E-state index in [1.807, 2.05) is 30.3 Å². The van der Waals surface area contributed by atoms with E-state index in [4.69, 9.17) is 27.9 Å². The van der Waals surface area contributed by atoms with Crippen LogP contribution in [-0.4, -0.2) is 35.0 Å². The van der Waals surface area contributed by atoms with Gasteiger partial charge in [0.2, 0.25) is 0 Å². The highest BCUT2D eigenvalue weighted by molar-refractivity contribution is 6.49. The molecular formula is C17H19Cl2NO3. The first-order chi connectivity index (χ1) is 10.7. The molecule has 0 radical (unpaired) electrons. The topological polar surface area (TPSA) is 46.6 Å². The molecule has 1 aromatic carbocycles. The molecule has 23 heavy (non-hydrogen) atoms. The zero-order chi connectivity index (χ0) is 17.2. The fourth-order valence-corrected chi connectivity index (χ4v) is 2.69. The third kappa shape index (κ3) is 4.49. The minimum Gasteiger partial charge on any atom is -0.458 e. The minimum absolute atomic E-state index is 0.0340. The Morgan fingerprint density at radius 1 is 1.26 bits per heavy atom. The summed E-state index contributed by atoms with van der Waals surface area (Å²) in [4.78, 5) is 26.2. The Kier molecular flexibility index (Phi) is 5.37. The van der Waals surface area contributed by atoms with Crippen LogP contribution in [-0.2, 0) is 20.7 Å². The van der Waals surface area contributed by atoms with Gasteiger partial charge >= 0.3 is 5.97 Å². The van der Waals surface area contributed by atoms with E-state index in [-0.39, 0.29) is 16.6 Å². The van der Waals surface area contributed by atoms with Crippen molar-refractivity contribution in [3.8, 4) is 0 Å². The lowest BCUT2D eigenvalue weighted by molar-refractivity contribution is -0.163. The highest BCUT2D eigenvalue weighted by Crippen LogP contribution is 2.28. The molecule has 1 aliphatic rings. The lowest BCUT2D eigenvalue weighted by Crippen LogP contribution is -2.47. The predicted octanol–water partition coefficient (Wildman–Crippen LogP) is 3.47. The second-order valence-corrected chi connectivity index (χ2v) is 7.23. The van der Waals surface area contributed by atoms with E-state index in [0.29, 0.717) is 6.42 Å². The van der Waals surface area contributed by atoms with E-state index in [9.17, 15) is 9.59 Å². The molecule has 0 fully saturated rings. The second-order valence-electron chi connectivity index (χ2n) is 6.39. The van der Waals surface area contributed by atoms with E-state index in [1.165, 1.54) is 4.90 Å². The van der Waals surface area contributed by atoms with Gasteiger partial charge in [-0.2, -0.15) is 0 Å². The van der Waals surface area contributed by atoms with Crippen LogP contribution in [0.1, 0.15) is 26.3 Å². The number of amides is 1. The van der Waals surface area contributed by atoms with Gasteiger partial charge in [-0.1, -0.05) is 53.5 Å². The Hall–Kier alpha value is -1.52. The molecule has 0 aliphatic carbocycles. The lowest BCUT2D eigenvalue weighted by Gasteiger charge is -2.30. The Morgan fingerprint density at radius 3 is 2.35 bits per heavy atom. The summed E-state index contributed by atoms with van der Waals surface area (Å²) in [5, 5.41) is 0.214. The molecular weight excluding hydrogens is 337 g/mol. The minimum atomic E-state index is -0.769. The van der Waals surface area contributed by atoms with Gasteiger partial charge in [0.1, 0.15) is 16.7 Å². The molecule has 6 heteroatoms. The third-order valence-corrected chi connectivity index (χ3v) is 4.12. The first kappa shape index (κ1) is 17.8. The average Bonchev–Trinajstić information content (AvgIpc) is 2.71. The predicted molar refractivity (Wildman–Crippen MR) is 90.2 cm³/mol. The molecule has 1 amide bonds. The van der Waals surface area contributed by atoms with Crippen molar-refractivity contribution in [3.63, 3.8) is 0 Å². The smallest absolute Gasteiger partial charge is 0.329 e. The number of carbonyl (C=O) groups is 2. The average molecular weight is 356 g/mol. The van der Waals surface area contributed by atoms with E-state index < -0.39 is 23.5 Å². The van der Waals surface area contributed by atoms with Crippen molar-refractivity contribution in [2.45, 2.75) is 38.8 Å². The standard InChI is InChI=1S/C17H19Cl2NO3/c1-17(2,3)23-16(22)13(9-11-7-5-4-6-8-11)20-10-12(18)14(19)15(20)21/h4-8,13H,9-10H2,1-3H3/t13-/m1/s1. The maximum absolute atomic E-state index is 12.6. The lowest BCUT2D eigenvalue weighted by atomic mass is 10.0. The molecule has 0 unspecified atom stereocenters. The molecule has 2 rings (SSSR count). The molecule has 1 aliphatic heterocycles. The number of nitrogens with zero attached hydrogens (tertiary/aromatic N) is 1. The molecule has 1 aromatic rings. The van der Waals surface area contributed by atoms with Crippen LogP contribution < -0.4 is 0 Å². The van der Waals surface area contributed by atoms with Gasteiger partial charge < -0.3 is 9.64 Å². The van der Waals surface area contributed by atoms with Crippen molar-refractivity contribution in [1.82, 2.24) is 4.90 Å². The summed E-state index contributed by atoms with van der Waals surface area (Å²) in [6.07, 6.45) is 0.343. The largest absolute Gasteiger partial charge is 0.458 e. The summed E-state index contributed by atoms with van der Waals surface area (Å²) >= 11 is 11.9. The summed E-state index contributed by atoms with van der Waals surface area (Å²) in [5.74, 6) is -0.908. The third-order valence-electron chi connectivity index (χ3n) is 3.32. The Labute approximate surface area is 146 Å². The Balaban J connectivity index is 2.25.